The Hall–Kier alpha value is -1.49. The molecule has 106 valence electrons. The summed E-state index contributed by atoms with van der Waals surface area (Å²) >= 11 is 0. The molecular weight excluding hydrogens is 242 g/mol. The number of aromatic nitrogens is 1. The third-order valence-corrected chi connectivity index (χ3v) is 2.94. The number of nitrogen functional groups attached to an aromatic ring is 1. The van der Waals surface area contributed by atoms with E-state index in [4.69, 9.17) is 15.2 Å². The summed E-state index contributed by atoms with van der Waals surface area (Å²) in [4.78, 5) is 6.78. The van der Waals surface area contributed by atoms with E-state index in [1.54, 1.807) is 0 Å². The number of ether oxygens (including phenoxy) is 2. The Morgan fingerprint density at radius 1 is 1.42 bits per heavy atom. The van der Waals surface area contributed by atoms with E-state index in [1.165, 1.54) is 0 Å². The minimum atomic E-state index is -0.309. The Labute approximate surface area is 114 Å². The largest absolute Gasteiger partial charge is 0.470 e. The maximum atomic E-state index is 5.93. The SMILES string of the molecule is CC1COCCN1c1ccc(N)c(OC(C)(C)C)n1. The van der Waals surface area contributed by atoms with Crippen LogP contribution >= 0.6 is 0 Å². The Morgan fingerprint density at radius 2 is 2.16 bits per heavy atom. The Balaban J connectivity index is 2.24. The lowest BCUT2D eigenvalue weighted by molar-refractivity contribution is 0.0979. The first-order chi connectivity index (χ1) is 8.87. The predicted molar refractivity (Wildman–Crippen MR) is 76.7 cm³/mol. The van der Waals surface area contributed by atoms with Gasteiger partial charge < -0.3 is 20.1 Å². The molecule has 0 aliphatic carbocycles. The van der Waals surface area contributed by atoms with Gasteiger partial charge >= 0.3 is 0 Å². The topological polar surface area (TPSA) is 60.6 Å². The van der Waals surface area contributed by atoms with Crippen molar-refractivity contribution in [1.82, 2.24) is 4.98 Å². The second-order valence-electron chi connectivity index (χ2n) is 5.90. The summed E-state index contributed by atoms with van der Waals surface area (Å²) in [6.07, 6.45) is 0. The highest BCUT2D eigenvalue weighted by Crippen LogP contribution is 2.27. The molecular formula is C14H23N3O2. The van der Waals surface area contributed by atoms with Crippen LogP contribution in [-0.2, 0) is 4.74 Å². The lowest BCUT2D eigenvalue weighted by Gasteiger charge is -2.34. The first-order valence-corrected chi connectivity index (χ1v) is 6.67. The van der Waals surface area contributed by atoms with Crippen molar-refractivity contribution in [3.63, 3.8) is 0 Å². The van der Waals surface area contributed by atoms with Crippen molar-refractivity contribution >= 4 is 11.5 Å². The molecule has 0 spiro atoms. The van der Waals surface area contributed by atoms with Gasteiger partial charge in [-0.25, -0.2) is 0 Å². The van der Waals surface area contributed by atoms with Crippen LogP contribution in [0.2, 0.25) is 0 Å². The normalized spacial score (nSPS) is 20.4. The Morgan fingerprint density at radius 3 is 2.79 bits per heavy atom. The van der Waals surface area contributed by atoms with Crippen molar-refractivity contribution in [2.24, 2.45) is 0 Å². The van der Waals surface area contributed by atoms with Crippen LogP contribution in [0.25, 0.3) is 0 Å². The van der Waals surface area contributed by atoms with Gasteiger partial charge in [-0.1, -0.05) is 0 Å². The van der Waals surface area contributed by atoms with Gasteiger partial charge in [-0.15, -0.1) is 0 Å². The molecule has 0 amide bonds. The van der Waals surface area contributed by atoms with Crippen LogP contribution < -0.4 is 15.4 Å². The Kier molecular flexibility index (Phi) is 3.85. The monoisotopic (exact) mass is 265 g/mol. The van der Waals surface area contributed by atoms with E-state index in [-0.39, 0.29) is 5.60 Å². The highest BCUT2D eigenvalue weighted by atomic mass is 16.5. The van der Waals surface area contributed by atoms with Crippen LogP contribution in [-0.4, -0.2) is 36.4 Å². The second kappa shape index (κ2) is 5.25. The van der Waals surface area contributed by atoms with Crippen LogP contribution in [0.4, 0.5) is 11.5 Å². The number of nitrogens with two attached hydrogens (primary N) is 1. The molecule has 1 aliphatic rings. The molecule has 1 aromatic heterocycles. The molecule has 5 heteroatoms. The molecule has 0 aromatic carbocycles. The molecule has 1 aliphatic heterocycles. The minimum Gasteiger partial charge on any atom is -0.470 e. The fraction of sp³-hybridized carbons (Fsp3) is 0.643. The molecule has 1 fully saturated rings. The second-order valence-corrected chi connectivity index (χ2v) is 5.90. The van der Waals surface area contributed by atoms with Crippen molar-refractivity contribution in [3.8, 4) is 5.88 Å². The number of hydrogen-bond donors (Lipinski definition) is 1. The molecule has 0 saturated carbocycles. The van der Waals surface area contributed by atoms with E-state index < -0.39 is 0 Å². The van der Waals surface area contributed by atoms with Crippen molar-refractivity contribution in [2.45, 2.75) is 39.3 Å². The van der Waals surface area contributed by atoms with Gasteiger partial charge in [0.25, 0.3) is 0 Å². The first kappa shape index (κ1) is 13.9. The van der Waals surface area contributed by atoms with E-state index in [0.717, 1.165) is 25.6 Å². The summed E-state index contributed by atoms with van der Waals surface area (Å²) < 4.78 is 11.2. The highest BCUT2D eigenvalue weighted by molar-refractivity contribution is 5.55. The van der Waals surface area contributed by atoms with E-state index >= 15 is 0 Å². The van der Waals surface area contributed by atoms with E-state index in [2.05, 4.69) is 16.8 Å². The van der Waals surface area contributed by atoms with Crippen molar-refractivity contribution in [1.29, 1.82) is 0 Å². The maximum Gasteiger partial charge on any atom is 0.239 e. The molecule has 1 unspecified atom stereocenters. The van der Waals surface area contributed by atoms with Crippen molar-refractivity contribution < 1.29 is 9.47 Å². The lowest BCUT2D eigenvalue weighted by Crippen LogP contribution is -2.44. The van der Waals surface area contributed by atoms with Gasteiger partial charge in [-0.2, -0.15) is 4.98 Å². The number of anilines is 2. The number of rotatable bonds is 2. The molecule has 1 saturated heterocycles. The van der Waals surface area contributed by atoms with Gasteiger partial charge in [0.1, 0.15) is 11.4 Å². The number of nitrogens with zero attached hydrogens (tertiary/aromatic N) is 2. The standard InChI is InChI=1S/C14H23N3O2/c1-10-9-18-8-7-17(10)12-6-5-11(15)13(16-12)19-14(2,3)4/h5-6,10H,7-9,15H2,1-4H3. The zero-order chi connectivity index (χ0) is 14.0. The molecule has 0 radical (unpaired) electrons. The lowest BCUT2D eigenvalue weighted by atomic mass is 10.2. The average molecular weight is 265 g/mol. The van der Waals surface area contributed by atoms with Crippen molar-refractivity contribution in [3.05, 3.63) is 12.1 Å². The van der Waals surface area contributed by atoms with Crippen LogP contribution in [0.15, 0.2) is 12.1 Å². The number of pyridine rings is 1. The summed E-state index contributed by atoms with van der Waals surface area (Å²) in [7, 11) is 0. The molecule has 19 heavy (non-hydrogen) atoms. The average Bonchev–Trinajstić information content (AvgIpc) is 2.31. The number of morpholine rings is 1. The van der Waals surface area contributed by atoms with Gasteiger partial charge in [0.05, 0.1) is 24.9 Å². The molecule has 2 rings (SSSR count). The van der Waals surface area contributed by atoms with Gasteiger partial charge in [0, 0.05) is 6.54 Å². The Bertz CT molecular complexity index is 443. The van der Waals surface area contributed by atoms with E-state index in [1.807, 2.05) is 32.9 Å². The van der Waals surface area contributed by atoms with E-state index in [0.29, 0.717) is 17.6 Å². The molecule has 1 aromatic rings. The summed E-state index contributed by atoms with van der Waals surface area (Å²) in [5.41, 5.74) is 6.19. The van der Waals surface area contributed by atoms with Crippen molar-refractivity contribution in [2.75, 3.05) is 30.4 Å². The number of hydrogen-bond acceptors (Lipinski definition) is 5. The molecule has 0 bridgehead atoms. The summed E-state index contributed by atoms with van der Waals surface area (Å²) in [6, 6.07) is 4.10. The fourth-order valence-electron chi connectivity index (χ4n) is 2.04. The maximum absolute atomic E-state index is 5.93. The van der Waals surface area contributed by atoms with Crippen LogP contribution in [0.3, 0.4) is 0 Å². The molecule has 5 nitrogen and oxygen atoms in total. The highest BCUT2D eigenvalue weighted by Gasteiger charge is 2.22. The summed E-state index contributed by atoms with van der Waals surface area (Å²) in [5, 5.41) is 0. The summed E-state index contributed by atoms with van der Waals surface area (Å²) in [5.74, 6) is 1.40. The minimum absolute atomic E-state index is 0.309. The van der Waals surface area contributed by atoms with Gasteiger partial charge in [-0.3, -0.25) is 0 Å². The molecule has 2 heterocycles. The predicted octanol–water partition coefficient (Wildman–Crippen LogP) is 2.07. The molecule has 1 atom stereocenters. The van der Waals surface area contributed by atoms with Crippen LogP contribution in [0, 0.1) is 0 Å². The van der Waals surface area contributed by atoms with Crippen LogP contribution in [0.5, 0.6) is 5.88 Å². The van der Waals surface area contributed by atoms with Crippen LogP contribution in [0.1, 0.15) is 27.7 Å². The van der Waals surface area contributed by atoms with Gasteiger partial charge in [0.2, 0.25) is 5.88 Å². The molecule has 2 N–H and O–H groups in total. The quantitative estimate of drug-likeness (QED) is 0.887. The third-order valence-electron chi connectivity index (χ3n) is 2.94. The third kappa shape index (κ3) is 3.50. The summed E-state index contributed by atoms with van der Waals surface area (Å²) in [6.45, 7) is 10.4. The van der Waals surface area contributed by atoms with Gasteiger partial charge in [-0.05, 0) is 39.8 Å². The smallest absolute Gasteiger partial charge is 0.239 e. The zero-order valence-corrected chi connectivity index (χ0v) is 12.1. The first-order valence-electron chi connectivity index (χ1n) is 6.67. The zero-order valence-electron chi connectivity index (χ0n) is 12.1. The van der Waals surface area contributed by atoms with E-state index in [9.17, 15) is 0 Å². The fourth-order valence-corrected chi connectivity index (χ4v) is 2.04. The van der Waals surface area contributed by atoms with Gasteiger partial charge in [0.15, 0.2) is 0 Å².